The Morgan fingerprint density at radius 3 is 2.50 bits per heavy atom. The molecule has 0 aliphatic heterocycles. The Labute approximate surface area is 159 Å². The zero-order chi connectivity index (χ0) is 20.6. The summed E-state index contributed by atoms with van der Waals surface area (Å²) in [4.78, 5) is 23.1. The molecule has 1 amide bonds. The molecule has 1 N–H and O–H groups in total. The highest BCUT2D eigenvalue weighted by Gasteiger charge is 2.31. The van der Waals surface area contributed by atoms with E-state index in [1.165, 1.54) is 19.2 Å². The maximum absolute atomic E-state index is 13.0. The first kappa shape index (κ1) is 21.2. The minimum Gasteiger partial charge on any atom is -0.489 e. The van der Waals surface area contributed by atoms with Crippen molar-refractivity contribution in [3.8, 4) is 11.5 Å². The lowest BCUT2D eigenvalue weighted by Gasteiger charge is -2.15. The Morgan fingerprint density at radius 1 is 1.07 bits per heavy atom. The first-order valence-electron chi connectivity index (χ1n) is 8.15. The van der Waals surface area contributed by atoms with Crippen LogP contribution in [0.25, 0.3) is 0 Å². The molecule has 0 fully saturated rings. The van der Waals surface area contributed by atoms with E-state index in [4.69, 9.17) is 14.2 Å². The zero-order valence-corrected chi connectivity index (χ0v) is 14.9. The maximum atomic E-state index is 13.0. The molecule has 0 radical (unpaired) electrons. The molecule has 2 aromatic carbocycles. The Kier molecular flexibility index (Phi) is 7.39. The molecule has 2 rings (SSSR count). The fraction of sp³-hybridized carbons (Fsp3) is 0.263. The molecule has 0 aromatic heterocycles. The summed E-state index contributed by atoms with van der Waals surface area (Å²) >= 11 is 0. The van der Waals surface area contributed by atoms with Crippen LogP contribution >= 0.6 is 0 Å². The van der Waals surface area contributed by atoms with Crippen LogP contribution in [0.5, 0.6) is 11.5 Å². The number of amides is 1. The third-order valence-corrected chi connectivity index (χ3v) is 3.53. The maximum Gasteiger partial charge on any atom is 0.416 e. The highest BCUT2D eigenvalue weighted by Crippen LogP contribution is 2.35. The van der Waals surface area contributed by atoms with Crippen LogP contribution in [-0.2, 0) is 15.7 Å². The molecule has 0 saturated heterocycles. The van der Waals surface area contributed by atoms with E-state index >= 15 is 0 Å². The van der Waals surface area contributed by atoms with Crippen LogP contribution in [0.2, 0.25) is 0 Å². The van der Waals surface area contributed by atoms with Gasteiger partial charge in [-0.15, -0.1) is 0 Å². The van der Waals surface area contributed by atoms with Gasteiger partial charge in [0.2, 0.25) is 0 Å². The van der Waals surface area contributed by atoms with Gasteiger partial charge in [0, 0.05) is 7.11 Å². The highest BCUT2D eigenvalue weighted by molar-refractivity contribution is 5.93. The number of hydrogen-bond donors (Lipinski definition) is 1. The second-order valence-corrected chi connectivity index (χ2v) is 5.54. The Bertz CT molecular complexity index is 823. The Morgan fingerprint density at radius 2 is 1.82 bits per heavy atom. The van der Waals surface area contributed by atoms with E-state index in [0.29, 0.717) is 6.29 Å². The fourth-order valence-corrected chi connectivity index (χ4v) is 2.20. The summed E-state index contributed by atoms with van der Waals surface area (Å²) in [6.07, 6.45) is -4.01. The van der Waals surface area contributed by atoms with Crippen molar-refractivity contribution in [2.45, 2.75) is 6.18 Å². The molecule has 0 bridgehead atoms. The quantitative estimate of drug-likeness (QED) is 0.517. The third-order valence-electron chi connectivity index (χ3n) is 3.53. The normalized spacial score (nSPS) is 11.0. The number of nitrogens with one attached hydrogen (secondary N) is 1. The van der Waals surface area contributed by atoms with Gasteiger partial charge in [-0.05, 0) is 30.3 Å². The van der Waals surface area contributed by atoms with Crippen molar-refractivity contribution >= 4 is 17.9 Å². The molecule has 9 heteroatoms. The average molecular weight is 397 g/mol. The molecular weight excluding hydrogens is 379 g/mol. The van der Waals surface area contributed by atoms with E-state index in [2.05, 4.69) is 5.32 Å². The van der Waals surface area contributed by atoms with Crippen molar-refractivity contribution in [2.24, 2.45) is 0 Å². The molecule has 0 aliphatic carbocycles. The van der Waals surface area contributed by atoms with Crippen LogP contribution in [0.4, 0.5) is 18.9 Å². The SMILES string of the molecule is COCCOc1ccc(C(F)(F)F)cc1NC(=O)COc1ccccc1C=O. The predicted molar refractivity (Wildman–Crippen MR) is 94.8 cm³/mol. The van der Waals surface area contributed by atoms with E-state index in [1.807, 2.05) is 0 Å². The number of rotatable bonds is 9. The minimum atomic E-state index is -4.58. The minimum absolute atomic E-state index is 0.0618. The summed E-state index contributed by atoms with van der Waals surface area (Å²) in [6, 6.07) is 9.01. The van der Waals surface area contributed by atoms with E-state index in [-0.39, 0.29) is 36.0 Å². The molecule has 150 valence electrons. The van der Waals surface area contributed by atoms with Gasteiger partial charge in [-0.25, -0.2) is 0 Å². The monoisotopic (exact) mass is 397 g/mol. The molecule has 0 atom stereocenters. The molecule has 28 heavy (non-hydrogen) atoms. The summed E-state index contributed by atoms with van der Waals surface area (Å²) in [6.45, 7) is -0.188. The first-order chi connectivity index (χ1) is 13.3. The molecule has 0 saturated carbocycles. The zero-order valence-electron chi connectivity index (χ0n) is 14.9. The van der Waals surface area contributed by atoms with Gasteiger partial charge < -0.3 is 19.5 Å². The number of hydrogen-bond acceptors (Lipinski definition) is 5. The second-order valence-electron chi connectivity index (χ2n) is 5.54. The van der Waals surface area contributed by atoms with Crippen molar-refractivity contribution in [1.29, 1.82) is 0 Å². The summed E-state index contributed by atoms with van der Waals surface area (Å²) in [5.74, 6) is -0.462. The number of aldehydes is 1. The lowest BCUT2D eigenvalue weighted by molar-refractivity contribution is -0.137. The third kappa shape index (κ3) is 5.98. The van der Waals surface area contributed by atoms with Gasteiger partial charge in [-0.2, -0.15) is 13.2 Å². The first-order valence-corrected chi connectivity index (χ1v) is 8.15. The summed E-state index contributed by atoms with van der Waals surface area (Å²) in [7, 11) is 1.45. The smallest absolute Gasteiger partial charge is 0.416 e. The Balaban J connectivity index is 2.12. The van der Waals surface area contributed by atoms with Crippen LogP contribution in [-0.4, -0.2) is 39.1 Å². The summed E-state index contributed by atoms with van der Waals surface area (Å²) < 4.78 is 54.3. The van der Waals surface area contributed by atoms with E-state index in [1.54, 1.807) is 12.1 Å². The van der Waals surface area contributed by atoms with Gasteiger partial charge in [-0.1, -0.05) is 12.1 Å². The molecular formula is C19H18F3NO5. The van der Waals surface area contributed by atoms with Gasteiger partial charge in [-0.3, -0.25) is 9.59 Å². The van der Waals surface area contributed by atoms with E-state index < -0.39 is 24.3 Å². The van der Waals surface area contributed by atoms with Crippen LogP contribution in [0.1, 0.15) is 15.9 Å². The van der Waals surface area contributed by atoms with Crippen molar-refractivity contribution in [3.05, 3.63) is 53.6 Å². The van der Waals surface area contributed by atoms with Crippen molar-refractivity contribution in [1.82, 2.24) is 0 Å². The summed E-state index contributed by atoms with van der Waals surface area (Å²) in [5.41, 5.74) is -0.838. The topological polar surface area (TPSA) is 73.9 Å². The van der Waals surface area contributed by atoms with Gasteiger partial charge in [0.1, 0.15) is 18.1 Å². The van der Waals surface area contributed by atoms with E-state index in [9.17, 15) is 22.8 Å². The number of ether oxygens (including phenoxy) is 3. The van der Waals surface area contributed by atoms with Crippen LogP contribution in [0.3, 0.4) is 0 Å². The number of methoxy groups -OCH3 is 1. The van der Waals surface area contributed by atoms with Gasteiger partial charge in [0.15, 0.2) is 12.9 Å². The van der Waals surface area contributed by atoms with Crippen LogP contribution in [0.15, 0.2) is 42.5 Å². The number of halogens is 3. The van der Waals surface area contributed by atoms with Gasteiger partial charge in [0.25, 0.3) is 5.91 Å². The molecule has 0 spiro atoms. The van der Waals surface area contributed by atoms with Crippen molar-refractivity contribution in [2.75, 3.05) is 32.2 Å². The fourth-order valence-electron chi connectivity index (χ4n) is 2.20. The average Bonchev–Trinajstić information content (AvgIpc) is 2.67. The van der Waals surface area contributed by atoms with Crippen molar-refractivity contribution in [3.63, 3.8) is 0 Å². The molecule has 0 heterocycles. The molecule has 0 aliphatic rings. The van der Waals surface area contributed by atoms with Crippen LogP contribution < -0.4 is 14.8 Å². The Hall–Kier alpha value is -3.07. The molecule has 2 aromatic rings. The van der Waals surface area contributed by atoms with Crippen molar-refractivity contribution < 1.29 is 37.0 Å². The van der Waals surface area contributed by atoms with Gasteiger partial charge >= 0.3 is 6.18 Å². The molecule has 6 nitrogen and oxygen atoms in total. The molecule has 0 unspecified atom stereocenters. The number of carbonyl (C=O) groups is 2. The lowest BCUT2D eigenvalue weighted by Crippen LogP contribution is -2.21. The highest BCUT2D eigenvalue weighted by atomic mass is 19.4. The van der Waals surface area contributed by atoms with Crippen LogP contribution in [0, 0.1) is 0 Å². The number of alkyl halides is 3. The number of para-hydroxylation sites is 1. The van der Waals surface area contributed by atoms with E-state index in [0.717, 1.165) is 18.2 Å². The lowest BCUT2D eigenvalue weighted by atomic mass is 10.1. The number of anilines is 1. The number of carbonyl (C=O) groups excluding carboxylic acids is 2. The largest absolute Gasteiger partial charge is 0.489 e. The summed E-state index contributed by atoms with van der Waals surface area (Å²) in [5, 5.41) is 2.34. The number of benzene rings is 2. The predicted octanol–water partition coefficient (Wildman–Crippen LogP) is 3.56. The second kappa shape index (κ2) is 9.75. The van der Waals surface area contributed by atoms with Gasteiger partial charge in [0.05, 0.1) is 23.4 Å². The standard InChI is InChI=1S/C19H18F3NO5/c1-26-8-9-27-17-7-6-14(19(20,21)22)10-15(17)23-18(25)12-28-16-5-3-2-4-13(16)11-24/h2-7,10-11H,8-9,12H2,1H3,(H,23,25).